The van der Waals surface area contributed by atoms with Gasteiger partial charge in [-0.15, -0.1) is 11.3 Å². The van der Waals surface area contributed by atoms with Crippen LogP contribution in [0.15, 0.2) is 41.8 Å². The Hall–Kier alpha value is -2.34. The summed E-state index contributed by atoms with van der Waals surface area (Å²) in [6, 6.07) is 9.68. The Morgan fingerprint density at radius 2 is 1.78 bits per heavy atom. The highest BCUT2D eigenvalue weighted by atomic mass is 32.1. The van der Waals surface area contributed by atoms with Crippen molar-refractivity contribution < 1.29 is 9.59 Å². The van der Waals surface area contributed by atoms with Crippen LogP contribution in [0.3, 0.4) is 0 Å². The number of thiophene rings is 1. The largest absolute Gasteiger partial charge is 0.351 e. The van der Waals surface area contributed by atoms with Gasteiger partial charge < -0.3 is 16.4 Å². The van der Waals surface area contributed by atoms with Crippen LogP contribution >= 0.6 is 11.3 Å². The number of primary amides is 1. The molecular weight excluding hydrogens is 250 g/mol. The molecule has 1 aromatic carbocycles. The molecule has 6 heteroatoms. The number of hydrogen-bond donors (Lipinski definition) is 3. The molecule has 0 aliphatic rings. The summed E-state index contributed by atoms with van der Waals surface area (Å²) in [6.45, 7) is 0. The summed E-state index contributed by atoms with van der Waals surface area (Å²) < 4.78 is 0. The maximum Gasteiger partial charge on any atom is 0.316 e. The SMILES string of the molecule is NC(=O)Nc1cccc(NC(=O)c2cccs2)c1. The van der Waals surface area contributed by atoms with Crippen molar-refractivity contribution in [1.29, 1.82) is 0 Å². The molecule has 1 aromatic heterocycles. The number of carbonyl (C=O) groups is 2. The van der Waals surface area contributed by atoms with E-state index in [1.165, 1.54) is 11.3 Å². The summed E-state index contributed by atoms with van der Waals surface area (Å²) in [5.41, 5.74) is 6.15. The third kappa shape index (κ3) is 3.08. The zero-order chi connectivity index (χ0) is 13.0. The van der Waals surface area contributed by atoms with Gasteiger partial charge in [-0.1, -0.05) is 12.1 Å². The van der Waals surface area contributed by atoms with E-state index in [4.69, 9.17) is 5.73 Å². The zero-order valence-electron chi connectivity index (χ0n) is 9.34. The molecule has 2 aromatic rings. The van der Waals surface area contributed by atoms with E-state index in [-0.39, 0.29) is 5.91 Å². The lowest BCUT2D eigenvalue weighted by atomic mass is 10.2. The van der Waals surface area contributed by atoms with E-state index < -0.39 is 6.03 Å². The van der Waals surface area contributed by atoms with Gasteiger partial charge in [0.1, 0.15) is 0 Å². The minimum atomic E-state index is -0.642. The van der Waals surface area contributed by atoms with E-state index in [9.17, 15) is 9.59 Å². The van der Waals surface area contributed by atoms with Gasteiger partial charge in [-0.05, 0) is 29.6 Å². The molecule has 92 valence electrons. The molecule has 0 unspecified atom stereocenters. The molecule has 4 N–H and O–H groups in total. The van der Waals surface area contributed by atoms with Gasteiger partial charge in [0.25, 0.3) is 5.91 Å². The van der Waals surface area contributed by atoms with Crippen LogP contribution < -0.4 is 16.4 Å². The first kappa shape index (κ1) is 12.1. The van der Waals surface area contributed by atoms with Crippen molar-refractivity contribution in [2.24, 2.45) is 5.73 Å². The van der Waals surface area contributed by atoms with Crippen molar-refractivity contribution in [2.75, 3.05) is 10.6 Å². The predicted octanol–water partition coefficient (Wildman–Crippen LogP) is 2.49. The highest BCUT2D eigenvalue weighted by Gasteiger charge is 2.07. The molecule has 0 saturated heterocycles. The maximum absolute atomic E-state index is 11.8. The zero-order valence-corrected chi connectivity index (χ0v) is 10.2. The summed E-state index contributed by atoms with van der Waals surface area (Å²) in [5.74, 6) is -0.179. The molecule has 5 nitrogen and oxygen atoms in total. The Morgan fingerprint density at radius 1 is 1.06 bits per heavy atom. The molecule has 0 radical (unpaired) electrons. The van der Waals surface area contributed by atoms with Gasteiger partial charge in [-0.25, -0.2) is 4.79 Å². The maximum atomic E-state index is 11.8. The molecule has 0 fully saturated rings. The summed E-state index contributed by atoms with van der Waals surface area (Å²) in [5, 5.41) is 7.01. The van der Waals surface area contributed by atoms with Crippen molar-refractivity contribution in [1.82, 2.24) is 0 Å². The van der Waals surface area contributed by atoms with Crippen LogP contribution in [0.1, 0.15) is 9.67 Å². The fraction of sp³-hybridized carbons (Fsp3) is 0. The first-order valence-electron chi connectivity index (χ1n) is 5.16. The Labute approximate surface area is 108 Å². The second-order valence-electron chi connectivity index (χ2n) is 3.50. The van der Waals surface area contributed by atoms with Gasteiger partial charge in [0.2, 0.25) is 0 Å². The van der Waals surface area contributed by atoms with E-state index in [2.05, 4.69) is 10.6 Å². The van der Waals surface area contributed by atoms with E-state index in [0.29, 0.717) is 16.3 Å². The van der Waals surface area contributed by atoms with Crippen molar-refractivity contribution >= 4 is 34.6 Å². The Kier molecular flexibility index (Phi) is 3.59. The Bertz CT molecular complexity index is 566. The number of amides is 3. The second kappa shape index (κ2) is 5.33. The van der Waals surface area contributed by atoms with Crippen molar-refractivity contribution in [3.63, 3.8) is 0 Å². The predicted molar refractivity (Wildman–Crippen MR) is 71.9 cm³/mol. The minimum Gasteiger partial charge on any atom is -0.351 e. The molecule has 18 heavy (non-hydrogen) atoms. The lowest BCUT2D eigenvalue weighted by Gasteiger charge is -2.06. The van der Waals surface area contributed by atoms with E-state index >= 15 is 0 Å². The highest BCUT2D eigenvalue weighted by Crippen LogP contribution is 2.17. The summed E-state index contributed by atoms with van der Waals surface area (Å²) in [6.07, 6.45) is 0. The molecule has 0 saturated carbocycles. The number of hydrogen-bond acceptors (Lipinski definition) is 3. The van der Waals surface area contributed by atoms with Crippen molar-refractivity contribution in [3.8, 4) is 0 Å². The molecule has 1 heterocycles. The smallest absolute Gasteiger partial charge is 0.316 e. The topological polar surface area (TPSA) is 84.2 Å². The van der Waals surface area contributed by atoms with Gasteiger partial charge in [-0.3, -0.25) is 4.79 Å². The van der Waals surface area contributed by atoms with Crippen LogP contribution in [0.25, 0.3) is 0 Å². The first-order valence-corrected chi connectivity index (χ1v) is 6.04. The van der Waals surface area contributed by atoms with Gasteiger partial charge in [0.15, 0.2) is 0 Å². The molecule has 3 amide bonds. The van der Waals surface area contributed by atoms with Gasteiger partial charge in [-0.2, -0.15) is 0 Å². The standard InChI is InChI=1S/C12H11N3O2S/c13-12(17)15-9-4-1-3-8(7-9)14-11(16)10-5-2-6-18-10/h1-7H,(H,14,16)(H3,13,15,17). The molecule has 0 spiro atoms. The number of nitrogens with one attached hydrogen (secondary N) is 2. The fourth-order valence-corrected chi connectivity index (χ4v) is 2.04. The average molecular weight is 261 g/mol. The Balaban J connectivity index is 2.10. The number of benzene rings is 1. The number of nitrogens with two attached hydrogens (primary N) is 1. The van der Waals surface area contributed by atoms with Crippen LogP contribution in [0, 0.1) is 0 Å². The van der Waals surface area contributed by atoms with Crippen LogP contribution in [0.5, 0.6) is 0 Å². The normalized spacial score (nSPS) is 9.78. The first-order chi connectivity index (χ1) is 8.65. The molecule has 0 atom stereocenters. The third-order valence-corrected chi connectivity index (χ3v) is 3.00. The highest BCUT2D eigenvalue weighted by molar-refractivity contribution is 7.12. The van der Waals surface area contributed by atoms with Crippen molar-refractivity contribution in [2.45, 2.75) is 0 Å². The minimum absolute atomic E-state index is 0.179. The second-order valence-corrected chi connectivity index (χ2v) is 4.45. The molecule has 2 rings (SSSR count). The van der Waals surface area contributed by atoms with E-state index in [0.717, 1.165) is 0 Å². The van der Waals surface area contributed by atoms with Gasteiger partial charge >= 0.3 is 6.03 Å². The van der Waals surface area contributed by atoms with Crippen molar-refractivity contribution in [3.05, 3.63) is 46.7 Å². The average Bonchev–Trinajstić information content (AvgIpc) is 2.81. The van der Waals surface area contributed by atoms with E-state index in [1.807, 2.05) is 11.4 Å². The number of rotatable bonds is 3. The lowest BCUT2D eigenvalue weighted by Crippen LogP contribution is -2.19. The molecule has 0 aliphatic heterocycles. The molecular formula is C12H11N3O2S. The van der Waals surface area contributed by atoms with Crippen LogP contribution in [0.4, 0.5) is 16.2 Å². The lowest BCUT2D eigenvalue weighted by molar-refractivity contribution is 0.103. The number of carbonyl (C=O) groups excluding carboxylic acids is 2. The van der Waals surface area contributed by atoms with Gasteiger partial charge in [0.05, 0.1) is 4.88 Å². The summed E-state index contributed by atoms with van der Waals surface area (Å²) in [7, 11) is 0. The molecule has 0 bridgehead atoms. The monoisotopic (exact) mass is 261 g/mol. The third-order valence-electron chi connectivity index (χ3n) is 2.13. The van der Waals surface area contributed by atoms with Crippen LogP contribution in [-0.2, 0) is 0 Å². The number of urea groups is 1. The van der Waals surface area contributed by atoms with Crippen LogP contribution in [0.2, 0.25) is 0 Å². The Morgan fingerprint density at radius 3 is 2.39 bits per heavy atom. The van der Waals surface area contributed by atoms with Crippen LogP contribution in [-0.4, -0.2) is 11.9 Å². The van der Waals surface area contributed by atoms with E-state index in [1.54, 1.807) is 30.3 Å². The summed E-state index contributed by atoms with van der Waals surface area (Å²) >= 11 is 1.36. The number of anilines is 2. The fourth-order valence-electron chi connectivity index (χ4n) is 1.42. The van der Waals surface area contributed by atoms with Gasteiger partial charge in [0, 0.05) is 11.4 Å². The quantitative estimate of drug-likeness (QED) is 0.793. The molecule has 0 aliphatic carbocycles. The summed E-state index contributed by atoms with van der Waals surface area (Å²) in [4.78, 5) is 23.1.